The summed E-state index contributed by atoms with van der Waals surface area (Å²) in [5, 5.41) is 2.62. The summed E-state index contributed by atoms with van der Waals surface area (Å²) < 4.78 is 60.3. The number of hydrogen-bond donors (Lipinski definition) is 3. The third kappa shape index (κ3) is 4.34. The number of carbonyl (C=O) groups excluding carboxylic acids is 1. The monoisotopic (exact) mass is 476 g/mol. The Hall–Kier alpha value is -3.31. The highest BCUT2D eigenvalue weighted by atomic mass is 32.2. The van der Waals surface area contributed by atoms with Gasteiger partial charge >= 0.3 is 0 Å². The van der Waals surface area contributed by atoms with Crippen molar-refractivity contribution < 1.29 is 22.0 Å². The van der Waals surface area contributed by atoms with Gasteiger partial charge in [-0.1, -0.05) is 18.2 Å². The van der Waals surface area contributed by atoms with Crippen LogP contribution < -0.4 is 14.8 Å². The first-order valence-corrected chi connectivity index (χ1v) is 11.7. The number of anilines is 1. The third-order valence-electron chi connectivity index (χ3n) is 4.79. The van der Waals surface area contributed by atoms with Crippen molar-refractivity contribution in [2.75, 3.05) is 4.72 Å². The number of sulfonamides is 1. The molecule has 1 amide bonds. The molecule has 3 N–H and O–H groups in total. The van der Waals surface area contributed by atoms with E-state index in [9.17, 15) is 22.0 Å². The SMILES string of the molecule is C[C@@H](NC(=O)c1ccccc1NS(=O)(=O)C1=CC=CN2SNC=C12)c1ccc(F)cc1F. The zero-order chi connectivity index (χ0) is 22.9. The Labute approximate surface area is 188 Å². The maximum atomic E-state index is 14.1. The normalized spacial score (nSPS) is 15.9. The summed E-state index contributed by atoms with van der Waals surface area (Å²) in [7, 11) is -4.02. The smallest absolute Gasteiger partial charge is 0.264 e. The maximum absolute atomic E-state index is 14.1. The molecule has 0 saturated heterocycles. The van der Waals surface area contributed by atoms with Gasteiger partial charge in [0.05, 0.1) is 35.1 Å². The molecule has 2 heterocycles. The zero-order valence-corrected chi connectivity index (χ0v) is 18.3. The molecule has 0 bridgehead atoms. The van der Waals surface area contributed by atoms with Crippen LogP contribution in [0.1, 0.15) is 28.9 Å². The highest BCUT2D eigenvalue weighted by Crippen LogP contribution is 2.34. The van der Waals surface area contributed by atoms with E-state index in [2.05, 4.69) is 14.8 Å². The number of fused-ring (bicyclic) bond motifs is 1. The lowest BCUT2D eigenvalue weighted by Crippen LogP contribution is -2.29. The van der Waals surface area contributed by atoms with E-state index in [1.54, 1.807) is 41.8 Å². The first-order valence-electron chi connectivity index (χ1n) is 9.44. The van der Waals surface area contributed by atoms with E-state index in [0.717, 1.165) is 12.1 Å². The summed E-state index contributed by atoms with van der Waals surface area (Å²) in [6.07, 6.45) is 6.34. The highest BCUT2D eigenvalue weighted by molar-refractivity contribution is 7.97. The van der Waals surface area contributed by atoms with Crippen molar-refractivity contribution in [3.63, 3.8) is 0 Å². The average molecular weight is 477 g/mol. The molecule has 0 aliphatic carbocycles. The third-order valence-corrected chi connectivity index (χ3v) is 6.94. The Kier molecular flexibility index (Phi) is 5.94. The van der Waals surface area contributed by atoms with E-state index in [1.807, 2.05) is 0 Å². The summed E-state index contributed by atoms with van der Waals surface area (Å²) in [5.74, 6) is -2.12. The van der Waals surface area contributed by atoms with Crippen LogP contribution in [-0.4, -0.2) is 18.6 Å². The van der Waals surface area contributed by atoms with Crippen LogP contribution in [0, 0.1) is 11.6 Å². The number of para-hydroxylation sites is 1. The van der Waals surface area contributed by atoms with Crippen molar-refractivity contribution in [1.29, 1.82) is 0 Å². The molecule has 1 atom stereocenters. The fourth-order valence-corrected chi connectivity index (χ4v) is 5.22. The van der Waals surface area contributed by atoms with Crippen LogP contribution in [-0.2, 0) is 10.0 Å². The van der Waals surface area contributed by atoms with Crippen molar-refractivity contribution in [2.45, 2.75) is 13.0 Å². The Morgan fingerprint density at radius 2 is 1.97 bits per heavy atom. The minimum Gasteiger partial charge on any atom is -0.345 e. The van der Waals surface area contributed by atoms with E-state index in [4.69, 9.17) is 0 Å². The summed E-state index contributed by atoms with van der Waals surface area (Å²) >= 11 is 1.22. The molecule has 7 nitrogen and oxygen atoms in total. The van der Waals surface area contributed by atoms with Gasteiger partial charge in [0.25, 0.3) is 15.9 Å². The van der Waals surface area contributed by atoms with Crippen LogP contribution in [0.3, 0.4) is 0 Å². The largest absolute Gasteiger partial charge is 0.345 e. The first-order chi connectivity index (χ1) is 15.3. The molecular formula is C21H18F2N4O3S2. The highest BCUT2D eigenvalue weighted by Gasteiger charge is 2.30. The summed E-state index contributed by atoms with van der Waals surface area (Å²) in [6, 6.07) is 8.40. The Morgan fingerprint density at radius 1 is 1.19 bits per heavy atom. The molecule has 32 heavy (non-hydrogen) atoms. The van der Waals surface area contributed by atoms with Crippen LogP contribution >= 0.6 is 12.1 Å². The van der Waals surface area contributed by atoms with Gasteiger partial charge in [-0.15, -0.1) is 0 Å². The van der Waals surface area contributed by atoms with Gasteiger partial charge in [-0.05, 0) is 37.3 Å². The lowest BCUT2D eigenvalue weighted by molar-refractivity contribution is 0.0940. The van der Waals surface area contributed by atoms with E-state index >= 15 is 0 Å². The van der Waals surface area contributed by atoms with E-state index < -0.39 is 33.6 Å². The molecule has 11 heteroatoms. The van der Waals surface area contributed by atoms with Crippen molar-refractivity contribution in [3.8, 4) is 0 Å². The quantitative estimate of drug-likeness (QED) is 0.548. The van der Waals surface area contributed by atoms with E-state index in [0.29, 0.717) is 5.70 Å². The molecule has 2 aromatic carbocycles. The molecule has 4 rings (SSSR count). The zero-order valence-electron chi connectivity index (χ0n) is 16.7. The molecule has 0 spiro atoms. The number of benzene rings is 2. The fraction of sp³-hybridized carbons (Fsp3) is 0.0952. The number of hydrogen-bond acceptors (Lipinski definition) is 6. The van der Waals surface area contributed by atoms with Crippen LogP contribution in [0.4, 0.5) is 14.5 Å². The predicted octanol–water partition coefficient (Wildman–Crippen LogP) is 3.92. The average Bonchev–Trinajstić information content (AvgIpc) is 3.22. The predicted molar refractivity (Wildman–Crippen MR) is 119 cm³/mol. The lowest BCUT2D eigenvalue weighted by Gasteiger charge is -2.21. The van der Waals surface area contributed by atoms with Crippen molar-refractivity contribution in [3.05, 3.63) is 100 Å². The molecule has 166 valence electrons. The number of nitrogens with one attached hydrogen (secondary N) is 3. The van der Waals surface area contributed by atoms with Gasteiger partial charge in [0.15, 0.2) is 0 Å². The Morgan fingerprint density at radius 3 is 2.75 bits per heavy atom. The molecule has 2 aliphatic heterocycles. The lowest BCUT2D eigenvalue weighted by atomic mass is 10.1. The maximum Gasteiger partial charge on any atom is 0.264 e. The number of amides is 1. The Balaban J connectivity index is 1.57. The fourth-order valence-electron chi connectivity index (χ4n) is 3.24. The van der Waals surface area contributed by atoms with Gasteiger partial charge < -0.3 is 10.0 Å². The minimum atomic E-state index is -4.02. The molecule has 2 aliphatic rings. The topological polar surface area (TPSA) is 90.5 Å². The van der Waals surface area contributed by atoms with Crippen LogP contribution in [0.2, 0.25) is 0 Å². The minimum absolute atomic E-state index is 0.0365. The molecular weight excluding hydrogens is 458 g/mol. The van der Waals surface area contributed by atoms with Gasteiger partial charge in [0, 0.05) is 24.0 Å². The molecule has 0 radical (unpaired) electrons. The van der Waals surface area contributed by atoms with Crippen LogP contribution in [0.25, 0.3) is 0 Å². The van der Waals surface area contributed by atoms with Crippen molar-refractivity contribution in [2.24, 2.45) is 0 Å². The van der Waals surface area contributed by atoms with Crippen LogP contribution in [0.5, 0.6) is 0 Å². The van der Waals surface area contributed by atoms with Gasteiger partial charge in [0.1, 0.15) is 16.5 Å². The molecule has 0 saturated carbocycles. The Bertz CT molecular complexity index is 1280. The second kappa shape index (κ2) is 8.67. The number of nitrogens with zero attached hydrogens (tertiary/aromatic N) is 1. The molecule has 0 fully saturated rings. The standard InChI is InChI=1S/C21H18F2N4O3S2/c1-13(15-9-8-14(22)11-17(15)23)25-21(28)16-5-2-3-6-18(16)26-32(29,30)20-7-4-10-27-19(20)12-24-31-27/h2-13,24,26H,1H3,(H,25,28)/t13-/m1/s1. The number of halogens is 2. The van der Waals surface area contributed by atoms with E-state index in [-0.39, 0.29) is 21.7 Å². The summed E-state index contributed by atoms with van der Waals surface area (Å²) in [4.78, 5) is 12.9. The van der Waals surface area contributed by atoms with Gasteiger partial charge in [0.2, 0.25) is 0 Å². The van der Waals surface area contributed by atoms with Crippen LogP contribution in [0.15, 0.2) is 77.6 Å². The number of rotatable bonds is 6. The molecule has 0 unspecified atom stereocenters. The summed E-state index contributed by atoms with van der Waals surface area (Å²) in [5.41, 5.74) is 0.683. The summed E-state index contributed by atoms with van der Waals surface area (Å²) in [6.45, 7) is 1.55. The molecule has 0 aromatic heterocycles. The van der Waals surface area contributed by atoms with E-state index in [1.165, 1.54) is 36.4 Å². The second-order valence-electron chi connectivity index (χ2n) is 6.95. The van der Waals surface area contributed by atoms with Gasteiger partial charge in [-0.3, -0.25) is 13.8 Å². The van der Waals surface area contributed by atoms with Crippen molar-refractivity contribution in [1.82, 2.24) is 14.3 Å². The van der Waals surface area contributed by atoms with Crippen molar-refractivity contribution >= 4 is 33.8 Å². The molecule has 2 aromatic rings. The first kappa shape index (κ1) is 21.9. The van der Waals surface area contributed by atoms with Gasteiger partial charge in [-0.25, -0.2) is 17.2 Å². The second-order valence-corrected chi connectivity index (χ2v) is 9.41. The number of allylic oxidation sites excluding steroid dienone is 2. The number of carbonyl (C=O) groups is 1. The van der Waals surface area contributed by atoms with Gasteiger partial charge in [-0.2, -0.15) is 0 Å².